The van der Waals surface area contributed by atoms with E-state index in [1.807, 2.05) is 32.0 Å². The Hall–Kier alpha value is -1.39. The van der Waals surface area contributed by atoms with E-state index in [1.165, 1.54) is 0 Å². The number of hydrogen-bond donors (Lipinski definition) is 2. The van der Waals surface area contributed by atoms with Crippen molar-refractivity contribution in [2.24, 2.45) is 5.92 Å². The molecule has 1 aliphatic heterocycles. The van der Waals surface area contributed by atoms with Gasteiger partial charge < -0.3 is 15.2 Å². The number of rotatable bonds is 5. The average Bonchev–Trinajstić information content (AvgIpc) is 2.50. The van der Waals surface area contributed by atoms with Crippen molar-refractivity contribution < 1.29 is 14.6 Å². The molecule has 4 heteroatoms. The van der Waals surface area contributed by atoms with E-state index in [2.05, 4.69) is 5.32 Å². The summed E-state index contributed by atoms with van der Waals surface area (Å²) in [5.74, 6) is 0.242. The molecule has 2 N–H and O–H groups in total. The molecule has 21 heavy (non-hydrogen) atoms. The van der Waals surface area contributed by atoms with Crippen molar-refractivity contribution >= 4 is 5.91 Å². The quantitative estimate of drug-likeness (QED) is 0.874. The van der Waals surface area contributed by atoms with Gasteiger partial charge in [-0.15, -0.1) is 0 Å². The number of carbonyl (C=O) groups excluding carboxylic acids is 1. The van der Waals surface area contributed by atoms with E-state index >= 15 is 0 Å². The molecular weight excluding hydrogens is 266 g/mol. The number of nitrogens with one attached hydrogen (secondary N) is 1. The predicted molar refractivity (Wildman–Crippen MR) is 82.4 cm³/mol. The van der Waals surface area contributed by atoms with Crippen molar-refractivity contribution in [3.63, 3.8) is 0 Å². The molecule has 1 aromatic carbocycles. The van der Waals surface area contributed by atoms with Gasteiger partial charge in [-0.1, -0.05) is 17.7 Å². The SMILES string of the molecule is Cc1ccc(C)c(C(=O)NCC[C@H](O)C2CCOCC2)c1. The molecule has 1 aliphatic rings. The molecule has 116 valence electrons. The van der Waals surface area contributed by atoms with Crippen LogP contribution in [-0.2, 0) is 4.74 Å². The van der Waals surface area contributed by atoms with Gasteiger partial charge in [0.05, 0.1) is 6.10 Å². The first-order chi connectivity index (χ1) is 10.1. The zero-order valence-electron chi connectivity index (χ0n) is 12.9. The second kappa shape index (κ2) is 7.57. The molecular formula is C17H25NO3. The van der Waals surface area contributed by atoms with E-state index in [-0.39, 0.29) is 12.0 Å². The smallest absolute Gasteiger partial charge is 0.251 e. The lowest BCUT2D eigenvalue weighted by Crippen LogP contribution is -2.32. The molecule has 4 nitrogen and oxygen atoms in total. The molecule has 2 rings (SSSR count). The Morgan fingerprint density at radius 3 is 2.81 bits per heavy atom. The van der Waals surface area contributed by atoms with Crippen LogP contribution in [0.1, 0.15) is 40.7 Å². The topological polar surface area (TPSA) is 58.6 Å². The van der Waals surface area contributed by atoms with Crippen LogP contribution in [0.2, 0.25) is 0 Å². The largest absolute Gasteiger partial charge is 0.393 e. The highest BCUT2D eigenvalue weighted by Crippen LogP contribution is 2.20. The lowest BCUT2D eigenvalue weighted by atomic mass is 9.92. The fraction of sp³-hybridized carbons (Fsp3) is 0.588. The average molecular weight is 291 g/mol. The molecule has 1 amide bonds. The molecule has 1 saturated heterocycles. The molecule has 0 aromatic heterocycles. The van der Waals surface area contributed by atoms with E-state index in [9.17, 15) is 9.90 Å². The van der Waals surface area contributed by atoms with Crippen molar-refractivity contribution in [3.8, 4) is 0 Å². The van der Waals surface area contributed by atoms with Crippen LogP contribution in [0.4, 0.5) is 0 Å². The summed E-state index contributed by atoms with van der Waals surface area (Å²) >= 11 is 0. The van der Waals surface area contributed by atoms with Crippen LogP contribution in [-0.4, -0.2) is 36.9 Å². The van der Waals surface area contributed by atoms with Gasteiger partial charge in [-0.2, -0.15) is 0 Å². The van der Waals surface area contributed by atoms with Gasteiger partial charge in [-0.25, -0.2) is 0 Å². The monoisotopic (exact) mass is 291 g/mol. The highest BCUT2D eigenvalue weighted by Gasteiger charge is 2.22. The van der Waals surface area contributed by atoms with Gasteiger partial charge >= 0.3 is 0 Å². The number of ether oxygens (including phenoxy) is 1. The van der Waals surface area contributed by atoms with E-state index in [4.69, 9.17) is 4.74 Å². The molecule has 0 radical (unpaired) electrons. The van der Waals surface area contributed by atoms with Gasteiger partial charge in [-0.3, -0.25) is 4.79 Å². The van der Waals surface area contributed by atoms with Gasteiger partial charge in [-0.05, 0) is 50.7 Å². The Kier molecular flexibility index (Phi) is 5.76. The summed E-state index contributed by atoms with van der Waals surface area (Å²) in [6, 6.07) is 5.86. The third-order valence-electron chi connectivity index (χ3n) is 4.17. The number of aryl methyl sites for hydroxylation is 2. The van der Waals surface area contributed by atoms with Crippen LogP contribution in [0.5, 0.6) is 0 Å². The number of carbonyl (C=O) groups is 1. The zero-order chi connectivity index (χ0) is 15.2. The van der Waals surface area contributed by atoms with Crippen LogP contribution in [0.15, 0.2) is 18.2 Å². The minimum atomic E-state index is -0.354. The van der Waals surface area contributed by atoms with Gasteiger partial charge in [0.1, 0.15) is 0 Å². The lowest BCUT2D eigenvalue weighted by molar-refractivity contribution is 0.00528. The minimum absolute atomic E-state index is 0.0598. The predicted octanol–water partition coefficient (Wildman–Crippen LogP) is 2.21. The van der Waals surface area contributed by atoms with Crippen molar-refractivity contribution in [2.45, 2.75) is 39.2 Å². The first kappa shape index (κ1) is 16.0. The molecule has 1 heterocycles. The Morgan fingerprint density at radius 1 is 1.38 bits per heavy atom. The Balaban J connectivity index is 1.79. The molecule has 1 aromatic rings. The van der Waals surface area contributed by atoms with Crippen molar-refractivity contribution in [1.29, 1.82) is 0 Å². The number of benzene rings is 1. The van der Waals surface area contributed by atoms with Crippen LogP contribution in [0.25, 0.3) is 0 Å². The van der Waals surface area contributed by atoms with Gasteiger partial charge in [0.15, 0.2) is 0 Å². The van der Waals surface area contributed by atoms with Crippen LogP contribution in [0, 0.1) is 19.8 Å². The maximum absolute atomic E-state index is 12.2. The van der Waals surface area contributed by atoms with Crippen LogP contribution >= 0.6 is 0 Å². The molecule has 0 bridgehead atoms. The fourth-order valence-corrected chi connectivity index (χ4v) is 2.75. The summed E-state index contributed by atoms with van der Waals surface area (Å²) in [7, 11) is 0. The molecule has 0 unspecified atom stereocenters. The minimum Gasteiger partial charge on any atom is -0.393 e. The summed E-state index contributed by atoms with van der Waals surface area (Å²) in [6.07, 6.45) is 2.06. The van der Waals surface area contributed by atoms with Crippen molar-refractivity contribution in [1.82, 2.24) is 5.32 Å². The third kappa shape index (κ3) is 4.55. The summed E-state index contributed by atoms with van der Waals surface area (Å²) in [6.45, 7) is 5.88. The van der Waals surface area contributed by atoms with Crippen molar-refractivity contribution in [2.75, 3.05) is 19.8 Å². The van der Waals surface area contributed by atoms with Gasteiger partial charge in [0, 0.05) is 25.3 Å². The Morgan fingerprint density at radius 2 is 2.10 bits per heavy atom. The maximum atomic E-state index is 12.2. The first-order valence-electron chi connectivity index (χ1n) is 7.69. The first-order valence-corrected chi connectivity index (χ1v) is 7.69. The van der Waals surface area contributed by atoms with Gasteiger partial charge in [0.25, 0.3) is 5.91 Å². The van der Waals surface area contributed by atoms with Crippen LogP contribution in [0.3, 0.4) is 0 Å². The molecule has 0 spiro atoms. The third-order valence-corrected chi connectivity index (χ3v) is 4.17. The van der Waals surface area contributed by atoms with E-state index in [1.54, 1.807) is 0 Å². The van der Waals surface area contributed by atoms with Crippen LogP contribution < -0.4 is 5.32 Å². The van der Waals surface area contributed by atoms with Crippen molar-refractivity contribution in [3.05, 3.63) is 34.9 Å². The molecule has 1 fully saturated rings. The highest BCUT2D eigenvalue weighted by molar-refractivity contribution is 5.95. The number of aliphatic hydroxyl groups is 1. The Labute approximate surface area is 126 Å². The summed E-state index contributed by atoms with van der Waals surface area (Å²) in [4.78, 5) is 12.2. The summed E-state index contributed by atoms with van der Waals surface area (Å²) in [5, 5.41) is 13.1. The Bertz CT molecular complexity index is 481. The van der Waals surface area contributed by atoms with E-state index in [0.29, 0.717) is 18.9 Å². The fourth-order valence-electron chi connectivity index (χ4n) is 2.75. The second-order valence-corrected chi connectivity index (χ2v) is 5.88. The number of amides is 1. The highest BCUT2D eigenvalue weighted by atomic mass is 16.5. The number of aliphatic hydroxyl groups excluding tert-OH is 1. The zero-order valence-corrected chi connectivity index (χ0v) is 12.9. The lowest BCUT2D eigenvalue weighted by Gasteiger charge is -2.26. The summed E-state index contributed by atoms with van der Waals surface area (Å²) < 4.78 is 5.29. The van der Waals surface area contributed by atoms with E-state index in [0.717, 1.165) is 42.7 Å². The molecule has 1 atom stereocenters. The second-order valence-electron chi connectivity index (χ2n) is 5.88. The normalized spacial score (nSPS) is 17.5. The van der Waals surface area contributed by atoms with E-state index < -0.39 is 0 Å². The standard InChI is InChI=1S/C17H25NO3/c1-12-3-4-13(2)15(11-12)17(20)18-8-5-16(19)14-6-9-21-10-7-14/h3-4,11,14,16,19H,5-10H2,1-2H3,(H,18,20)/t16-/m0/s1. The maximum Gasteiger partial charge on any atom is 0.251 e. The van der Waals surface area contributed by atoms with Gasteiger partial charge in [0.2, 0.25) is 0 Å². The number of hydrogen-bond acceptors (Lipinski definition) is 3. The summed E-state index contributed by atoms with van der Waals surface area (Å²) in [5.41, 5.74) is 2.77. The molecule has 0 aliphatic carbocycles. The molecule has 0 saturated carbocycles.